The van der Waals surface area contributed by atoms with Crippen molar-refractivity contribution >= 4 is 39.5 Å². The van der Waals surface area contributed by atoms with E-state index in [0.717, 1.165) is 89.9 Å². The summed E-state index contributed by atoms with van der Waals surface area (Å²) in [7, 11) is -9.90. The van der Waals surface area contributed by atoms with Crippen molar-refractivity contribution in [3.05, 3.63) is 0 Å². The first-order valence-corrected chi connectivity index (χ1v) is 42.3. The van der Waals surface area contributed by atoms with E-state index in [4.69, 9.17) is 37.0 Å². The summed E-state index contributed by atoms with van der Waals surface area (Å²) in [5.41, 5.74) is 0. The van der Waals surface area contributed by atoms with Crippen LogP contribution in [-0.2, 0) is 65.4 Å². The largest absolute Gasteiger partial charge is 0.472 e. The normalized spacial score (nSPS) is 13.9. The molecule has 0 fully saturated rings. The molecule has 0 aromatic carbocycles. The van der Waals surface area contributed by atoms with Crippen LogP contribution in [0.15, 0.2) is 0 Å². The molecule has 0 amide bonds. The molecule has 5 atom stereocenters. The monoisotopic (exact) mass is 1380 g/mol. The minimum atomic E-state index is -4.95. The molecule has 2 unspecified atom stereocenters. The average molecular weight is 1380 g/mol. The van der Waals surface area contributed by atoms with Gasteiger partial charge in [-0.15, -0.1) is 0 Å². The summed E-state index contributed by atoms with van der Waals surface area (Å²) in [5.74, 6) is -2.11. The second-order valence-corrected chi connectivity index (χ2v) is 29.9. The van der Waals surface area contributed by atoms with Gasteiger partial charge in [0.1, 0.15) is 19.3 Å². The number of aliphatic hydroxyl groups excluding tert-OH is 1. The lowest BCUT2D eigenvalue weighted by atomic mass is 10.0. The van der Waals surface area contributed by atoms with Gasteiger partial charge in [-0.25, -0.2) is 9.13 Å². The third-order valence-electron chi connectivity index (χ3n) is 17.6. The first-order chi connectivity index (χ1) is 45.7. The number of aliphatic hydroxyl groups is 1. The van der Waals surface area contributed by atoms with Crippen LogP contribution in [0.4, 0.5) is 0 Å². The summed E-state index contributed by atoms with van der Waals surface area (Å²) in [6.45, 7) is 4.97. The molecule has 0 aliphatic heterocycles. The third-order valence-corrected chi connectivity index (χ3v) is 19.5. The van der Waals surface area contributed by atoms with Gasteiger partial charge in [0.2, 0.25) is 0 Å². The molecule has 0 saturated heterocycles. The smallest absolute Gasteiger partial charge is 0.462 e. The van der Waals surface area contributed by atoms with Crippen LogP contribution < -0.4 is 0 Å². The minimum Gasteiger partial charge on any atom is -0.462 e. The quantitative estimate of drug-likeness (QED) is 0.0222. The number of carbonyl (C=O) groups is 4. The number of hydrogen-bond acceptors (Lipinski definition) is 15. The predicted molar refractivity (Wildman–Crippen MR) is 382 cm³/mol. The zero-order valence-corrected chi connectivity index (χ0v) is 62.7. The number of unbranched alkanes of at least 4 members (excludes halogenated alkanes) is 50. The maximum atomic E-state index is 13.1. The molecule has 0 aliphatic carbocycles. The van der Waals surface area contributed by atoms with Crippen LogP contribution in [0.1, 0.15) is 400 Å². The lowest BCUT2D eigenvalue weighted by Gasteiger charge is -2.21. The summed E-state index contributed by atoms with van der Waals surface area (Å²) in [6.07, 6.45) is 59.5. The summed E-state index contributed by atoms with van der Waals surface area (Å²) >= 11 is 0. The Morgan fingerprint density at radius 3 is 0.628 bits per heavy atom. The lowest BCUT2D eigenvalue weighted by molar-refractivity contribution is -0.161. The van der Waals surface area contributed by atoms with Crippen molar-refractivity contribution in [1.29, 1.82) is 0 Å². The Labute approximate surface area is 575 Å². The SMILES string of the molecule is CCCCCCCCCCCCCCCCCCCCC(=O)O[C@H](COC(=O)CCCCCCCCCCCCCCCCC)COP(=O)(O)OC[C@@H](O)COP(=O)(O)OC[C@@H](COC(=O)CCCCCCCCCCC)OC(=O)CCCCCCCCCCCCCC. The predicted octanol–water partition coefficient (Wildman–Crippen LogP) is 22.2. The molecule has 17 nitrogen and oxygen atoms in total. The van der Waals surface area contributed by atoms with E-state index < -0.39 is 97.5 Å². The van der Waals surface area contributed by atoms with Crippen molar-refractivity contribution < 1.29 is 80.2 Å². The molecular weight excluding hydrogens is 1230 g/mol. The standard InChI is InChI=1S/C75H146O17P2/c1-5-9-13-17-21-25-28-31-33-34-35-37-39-42-46-50-54-58-62-75(80)92-71(66-86-73(78)60-56-52-48-44-41-38-36-32-29-26-22-18-14-10-6-2)68-90-94(83,84)88-64-69(76)63-87-93(81,82)89-67-70(65-85-72(77)59-55-51-47-43-24-20-16-12-8-4)91-74(79)61-57-53-49-45-40-30-27-23-19-15-11-7-3/h69-71,76H,5-68H2,1-4H3,(H,81,82)(H,83,84)/t69-,70+,71+/m0/s1. The first kappa shape index (κ1) is 92.1. The van der Waals surface area contributed by atoms with Crippen molar-refractivity contribution in [2.75, 3.05) is 39.6 Å². The summed E-state index contributed by atoms with van der Waals surface area (Å²) in [6, 6.07) is 0. The van der Waals surface area contributed by atoms with Crippen LogP contribution in [0.5, 0.6) is 0 Å². The number of carbonyl (C=O) groups excluding carboxylic acids is 4. The highest BCUT2D eigenvalue weighted by molar-refractivity contribution is 7.47. The van der Waals surface area contributed by atoms with Crippen LogP contribution in [-0.4, -0.2) is 96.7 Å². The first-order valence-electron chi connectivity index (χ1n) is 39.3. The fraction of sp³-hybridized carbons (Fsp3) is 0.947. The Bertz CT molecular complexity index is 1790. The van der Waals surface area contributed by atoms with E-state index in [0.29, 0.717) is 25.7 Å². The van der Waals surface area contributed by atoms with Gasteiger partial charge in [0.25, 0.3) is 0 Å². The Morgan fingerprint density at radius 1 is 0.255 bits per heavy atom. The molecule has 0 spiro atoms. The van der Waals surface area contributed by atoms with Crippen molar-refractivity contribution in [2.24, 2.45) is 0 Å². The molecule has 0 aromatic rings. The molecule has 3 N–H and O–H groups in total. The highest BCUT2D eigenvalue weighted by Crippen LogP contribution is 2.45. The van der Waals surface area contributed by atoms with Gasteiger partial charge in [-0.2, -0.15) is 0 Å². The molecular formula is C75H146O17P2. The topological polar surface area (TPSA) is 237 Å². The van der Waals surface area contributed by atoms with E-state index in [1.54, 1.807) is 0 Å². The van der Waals surface area contributed by atoms with E-state index >= 15 is 0 Å². The van der Waals surface area contributed by atoms with Gasteiger partial charge in [0.15, 0.2) is 12.2 Å². The number of rotatable bonds is 76. The van der Waals surface area contributed by atoms with Crippen LogP contribution in [0.3, 0.4) is 0 Å². The average Bonchev–Trinajstić information content (AvgIpc) is 1.42. The van der Waals surface area contributed by atoms with E-state index in [1.807, 2.05) is 0 Å². The van der Waals surface area contributed by atoms with E-state index in [-0.39, 0.29) is 25.7 Å². The van der Waals surface area contributed by atoms with Gasteiger partial charge in [-0.1, -0.05) is 349 Å². The molecule has 94 heavy (non-hydrogen) atoms. The fourth-order valence-corrected chi connectivity index (χ4v) is 13.2. The van der Waals surface area contributed by atoms with Gasteiger partial charge < -0.3 is 33.8 Å². The maximum Gasteiger partial charge on any atom is 0.472 e. The van der Waals surface area contributed by atoms with Crippen LogP contribution >= 0.6 is 15.6 Å². The third kappa shape index (κ3) is 68.6. The Morgan fingerprint density at radius 2 is 0.426 bits per heavy atom. The molecule has 0 rings (SSSR count). The summed E-state index contributed by atoms with van der Waals surface area (Å²) < 4.78 is 68.5. The lowest BCUT2D eigenvalue weighted by Crippen LogP contribution is -2.30. The van der Waals surface area contributed by atoms with Crippen LogP contribution in [0, 0.1) is 0 Å². The van der Waals surface area contributed by atoms with Crippen molar-refractivity contribution in [3.8, 4) is 0 Å². The van der Waals surface area contributed by atoms with Crippen LogP contribution in [0.2, 0.25) is 0 Å². The second kappa shape index (κ2) is 69.5. The minimum absolute atomic E-state index is 0.108. The van der Waals surface area contributed by atoms with E-state index in [2.05, 4.69) is 27.7 Å². The van der Waals surface area contributed by atoms with E-state index in [1.165, 1.54) is 231 Å². The molecule has 0 aromatic heterocycles. The highest BCUT2D eigenvalue weighted by Gasteiger charge is 2.30. The van der Waals surface area contributed by atoms with Crippen molar-refractivity contribution in [3.63, 3.8) is 0 Å². The van der Waals surface area contributed by atoms with Gasteiger partial charge in [0.05, 0.1) is 26.4 Å². The Hall–Kier alpha value is -1.94. The molecule has 0 heterocycles. The number of phosphoric acid groups is 2. The molecule has 558 valence electrons. The maximum absolute atomic E-state index is 13.1. The van der Waals surface area contributed by atoms with Crippen molar-refractivity contribution in [1.82, 2.24) is 0 Å². The molecule has 0 bridgehead atoms. The summed E-state index contributed by atoms with van der Waals surface area (Å²) in [5, 5.41) is 10.6. The van der Waals surface area contributed by atoms with Gasteiger partial charge in [-0.05, 0) is 25.7 Å². The van der Waals surface area contributed by atoms with Crippen LogP contribution in [0.25, 0.3) is 0 Å². The second-order valence-electron chi connectivity index (χ2n) is 27.0. The molecule has 0 radical (unpaired) electrons. The Balaban J connectivity index is 5.22. The number of phosphoric ester groups is 2. The van der Waals surface area contributed by atoms with Gasteiger partial charge in [-0.3, -0.25) is 37.3 Å². The zero-order chi connectivity index (χ0) is 69.0. The van der Waals surface area contributed by atoms with Crippen molar-refractivity contribution in [2.45, 2.75) is 418 Å². The molecule has 19 heteroatoms. The van der Waals surface area contributed by atoms with Gasteiger partial charge >= 0.3 is 39.5 Å². The Kier molecular flexibility index (Phi) is 68.1. The highest BCUT2D eigenvalue weighted by atomic mass is 31.2. The summed E-state index contributed by atoms with van der Waals surface area (Å²) in [4.78, 5) is 72.7. The van der Waals surface area contributed by atoms with Gasteiger partial charge in [0, 0.05) is 25.7 Å². The van der Waals surface area contributed by atoms with E-state index in [9.17, 15) is 43.2 Å². The number of hydrogen-bond donors (Lipinski definition) is 3. The number of esters is 4. The fourth-order valence-electron chi connectivity index (χ4n) is 11.6. The number of ether oxygens (including phenoxy) is 4. The molecule has 0 saturated carbocycles. The zero-order valence-electron chi connectivity index (χ0n) is 60.9. The molecule has 0 aliphatic rings.